The van der Waals surface area contributed by atoms with Crippen molar-refractivity contribution in [2.45, 2.75) is 6.54 Å². The van der Waals surface area contributed by atoms with E-state index in [-0.39, 0.29) is 0 Å². The van der Waals surface area contributed by atoms with Gasteiger partial charge < -0.3 is 4.74 Å². The van der Waals surface area contributed by atoms with Crippen molar-refractivity contribution in [1.29, 1.82) is 0 Å². The maximum absolute atomic E-state index is 5.39. The monoisotopic (exact) mass is 295 g/mol. The second-order valence-corrected chi connectivity index (χ2v) is 5.37. The summed E-state index contributed by atoms with van der Waals surface area (Å²) in [6, 6.07) is 18.5. The third kappa shape index (κ3) is 4.41. The minimum absolute atomic E-state index is 0.835. The van der Waals surface area contributed by atoms with E-state index in [1.54, 1.807) is 0 Å². The van der Waals surface area contributed by atoms with Crippen molar-refractivity contribution in [3.8, 4) is 0 Å². The van der Waals surface area contributed by atoms with E-state index < -0.39 is 0 Å². The average molecular weight is 295 g/mol. The average Bonchev–Trinajstić information content (AvgIpc) is 2.57. The fourth-order valence-electron chi connectivity index (χ4n) is 2.48. The zero-order valence-corrected chi connectivity index (χ0v) is 12.6. The first-order valence-electron chi connectivity index (χ1n) is 7.63. The van der Waals surface area contributed by atoms with Crippen molar-refractivity contribution < 1.29 is 4.74 Å². The molecule has 1 N–H and O–H groups in total. The molecule has 0 spiro atoms. The van der Waals surface area contributed by atoms with Crippen LogP contribution in [0.15, 0.2) is 59.7 Å². The lowest BCUT2D eigenvalue weighted by Gasteiger charge is -2.26. The Morgan fingerprint density at radius 1 is 1.05 bits per heavy atom. The molecule has 1 aliphatic heterocycles. The topological polar surface area (TPSA) is 36.9 Å². The summed E-state index contributed by atoms with van der Waals surface area (Å²) >= 11 is 0. The maximum Gasteiger partial charge on any atom is 0.0594 e. The van der Waals surface area contributed by atoms with Gasteiger partial charge in [-0.05, 0) is 29.3 Å². The maximum atomic E-state index is 5.39. The van der Waals surface area contributed by atoms with Gasteiger partial charge in [0.1, 0.15) is 0 Å². The summed E-state index contributed by atoms with van der Waals surface area (Å²) in [5, 5.41) is 4.29. The normalized spacial score (nSPS) is 16.0. The molecule has 3 rings (SSSR count). The Labute approximate surface area is 131 Å². The first kappa shape index (κ1) is 14.8. The molecule has 1 saturated heterocycles. The van der Waals surface area contributed by atoms with Crippen LogP contribution in [-0.2, 0) is 11.3 Å². The van der Waals surface area contributed by atoms with Gasteiger partial charge >= 0.3 is 0 Å². The summed E-state index contributed by atoms with van der Waals surface area (Å²) in [7, 11) is 0. The highest BCUT2D eigenvalue weighted by Gasteiger charge is 2.10. The molecule has 0 bridgehead atoms. The molecular weight excluding hydrogens is 274 g/mol. The van der Waals surface area contributed by atoms with Crippen LogP contribution in [0.3, 0.4) is 0 Å². The Morgan fingerprint density at radius 3 is 2.68 bits per heavy atom. The SMILES string of the molecule is C(=NNc1ccccc1)c1cccc(CN2CCOCC2)c1. The van der Waals surface area contributed by atoms with Crippen molar-refractivity contribution in [2.75, 3.05) is 31.7 Å². The third-order valence-electron chi connectivity index (χ3n) is 3.64. The quantitative estimate of drug-likeness (QED) is 0.680. The molecule has 22 heavy (non-hydrogen) atoms. The van der Waals surface area contributed by atoms with Gasteiger partial charge in [0, 0.05) is 19.6 Å². The Morgan fingerprint density at radius 2 is 1.86 bits per heavy atom. The molecule has 0 radical (unpaired) electrons. The van der Waals surface area contributed by atoms with Crippen molar-refractivity contribution in [3.63, 3.8) is 0 Å². The number of para-hydroxylation sites is 1. The lowest BCUT2D eigenvalue weighted by Crippen LogP contribution is -2.35. The van der Waals surface area contributed by atoms with E-state index in [0.717, 1.165) is 44.1 Å². The highest BCUT2D eigenvalue weighted by Crippen LogP contribution is 2.09. The molecule has 1 fully saturated rings. The van der Waals surface area contributed by atoms with Gasteiger partial charge in [-0.25, -0.2) is 0 Å². The summed E-state index contributed by atoms with van der Waals surface area (Å²) in [6.45, 7) is 4.66. The molecule has 114 valence electrons. The number of hydrogen-bond donors (Lipinski definition) is 1. The van der Waals surface area contributed by atoms with Crippen LogP contribution in [0.4, 0.5) is 5.69 Å². The van der Waals surface area contributed by atoms with E-state index in [1.165, 1.54) is 5.56 Å². The number of nitrogens with one attached hydrogen (secondary N) is 1. The molecule has 1 aliphatic rings. The molecule has 4 nitrogen and oxygen atoms in total. The fourth-order valence-corrected chi connectivity index (χ4v) is 2.48. The molecule has 0 unspecified atom stereocenters. The van der Waals surface area contributed by atoms with Crippen molar-refractivity contribution in [2.24, 2.45) is 5.10 Å². The third-order valence-corrected chi connectivity index (χ3v) is 3.64. The van der Waals surface area contributed by atoms with Crippen LogP contribution in [-0.4, -0.2) is 37.4 Å². The van der Waals surface area contributed by atoms with Gasteiger partial charge in [0.05, 0.1) is 25.1 Å². The van der Waals surface area contributed by atoms with Crippen LogP contribution in [0.5, 0.6) is 0 Å². The molecule has 1 heterocycles. The van der Waals surface area contributed by atoms with Crippen LogP contribution in [0.1, 0.15) is 11.1 Å². The standard InChI is InChI=1S/C18H21N3O/c1-2-7-18(8-3-1)20-19-14-16-5-4-6-17(13-16)15-21-9-11-22-12-10-21/h1-8,13-14,20H,9-12,15H2. The summed E-state index contributed by atoms with van der Waals surface area (Å²) in [6.07, 6.45) is 1.86. The van der Waals surface area contributed by atoms with Gasteiger partial charge in [-0.3, -0.25) is 10.3 Å². The summed E-state index contributed by atoms with van der Waals surface area (Å²) in [4.78, 5) is 2.42. The summed E-state index contributed by atoms with van der Waals surface area (Å²) in [5.74, 6) is 0. The molecule has 0 aliphatic carbocycles. The highest BCUT2D eigenvalue weighted by molar-refractivity contribution is 5.80. The fraction of sp³-hybridized carbons (Fsp3) is 0.278. The van der Waals surface area contributed by atoms with E-state index in [4.69, 9.17) is 4.74 Å². The van der Waals surface area contributed by atoms with Gasteiger partial charge in [-0.1, -0.05) is 36.4 Å². The van der Waals surface area contributed by atoms with E-state index in [0.29, 0.717) is 0 Å². The Balaban J connectivity index is 1.58. The van der Waals surface area contributed by atoms with Crippen LogP contribution in [0, 0.1) is 0 Å². The minimum Gasteiger partial charge on any atom is -0.379 e. The molecule has 2 aromatic rings. The number of morpholine rings is 1. The van der Waals surface area contributed by atoms with Gasteiger partial charge in [0.25, 0.3) is 0 Å². The summed E-state index contributed by atoms with van der Waals surface area (Å²) < 4.78 is 5.39. The number of hydrazone groups is 1. The lowest BCUT2D eigenvalue weighted by molar-refractivity contribution is 0.0342. The predicted octanol–water partition coefficient (Wildman–Crippen LogP) is 2.96. The predicted molar refractivity (Wildman–Crippen MR) is 90.2 cm³/mol. The van der Waals surface area contributed by atoms with Gasteiger partial charge in [-0.15, -0.1) is 0 Å². The van der Waals surface area contributed by atoms with Crippen LogP contribution < -0.4 is 5.43 Å². The first-order chi connectivity index (χ1) is 10.9. The molecule has 0 saturated carbocycles. The first-order valence-corrected chi connectivity index (χ1v) is 7.63. The van der Waals surface area contributed by atoms with Gasteiger partial charge in [0.2, 0.25) is 0 Å². The van der Waals surface area contributed by atoms with Gasteiger partial charge in [-0.2, -0.15) is 5.10 Å². The van der Waals surface area contributed by atoms with Crippen LogP contribution >= 0.6 is 0 Å². The van der Waals surface area contributed by atoms with Crippen molar-refractivity contribution in [1.82, 2.24) is 4.90 Å². The number of hydrogen-bond acceptors (Lipinski definition) is 4. The lowest BCUT2D eigenvalue weighted by atomic mass is 10.1. The molecule has 4 heteroatoms. The molecule has 0 atom stereocenters. The highest BCUT2D eigenvalue weighted by atomic mass is 16.5. The second-order valence-electron chi connectivity index (χ2n) is 5.37. The van der Waals surface area contributed by atoms with E-state index in [2.05, 4.69) is 39.7 Å². The smallest absolute Gasteiger partial charge is 0.0594 e. The minimum atomic E-state index is 0.835. The Hall–Kier alpha value is -2.17. The van der Waals surface area contributed by atoms with E-state index in [9.17, 15) is 0 Å². The van der Waals surface area contributed by atoms with Crippen LogP contribution in [0.25, 0.3) is 0 Å². The van der Waals surface area contributed by atoms with E-state index in [1.807, 2.05) is 36.5 Å². The zero-order chi connectivity index (χ0) is 15.0. The number of ether oxygens (including phenoxy) is 1. The Kier molecular flexibility index (Phi) is 5.18. The molecule has 0 amide bonds. The Bertz CT molecular complexity index is 607. The second kappa shape index (κ2) is 7.73. The summed E-state index contributed by atoms with van der Waals surface area (Å²) in [5.41, 5.74) is 6.44. The number of benzene rings is 2. The zero-order valence-electron chi connectivity index (χ0n) is 12.6. The molecule has 2 aromatic carbocycles. The van der Waals surface area contributed by atoms with Crippen LogP contribution in [0.2, 0.25) is 0 Å². The van der Waals surface area contributed by atoms with Crippen molar-refractivity contribution in [3.05, 3.63) is 65.7 Å². The number of rotatable bonds is 5. The number of anilines is 1. The molecule has 0 aromatic heterocycles. The van der Waals surface area contributed by atoms with E-state index >= 15 is 0 Å². The van der Waals surface area contributed by atoms with Gasteiger partial charge in [0.15, 0.2) is 0 Å². The largest absolute Gasteiger partial charge is 0.379 e. The van der Waals surface area contributed by atoms with Crippen molar-refractivity contribution >= 4 is 11.9 Å². The molecular formula is C18H21N3O. The number of nitrogens with zero attached hydrogens (tertiary/aromatic N) is 2.